The Hall–Kier alpha value is -1.97. The number of thioether (sulfide) groups is 1. The lowest BCUT2D eigenvalue weighted by Crippen LogP contribution is -2.31. The monoisotopic (exact) mass is 482 g/mol. The van der Waals surface area contributed by atoms with Crippen LogP contribution in [0.5, 0.6) is 0 Å². The van der Waals surface area contributed by atoms with Gasteiger partial charge in [-0.1, -0.05) is 0 Å². The van der Waals surface area contributed by atoms with E-state index in [1.165, 1.54) is 6.92 Å². The third-order valence-electron chi connectivity index (χ3n) is 5.71. The van der Waals surface area contributed by atoms with Gasteiger partial charge in [0.15, 0.2) is 0 Å². The van der Waals surface area contributed by atoms with Crippen molar-refractivity contribution in [3.8, 4) is 6.07 Å². The SMILES string of the molecule is CC(O)(CO)/C(=C/CF)SCS(N)(=O)=NC(=O)Nc1c2c(c(C#N)c3c1CCC3)CCC2. The van der Waals surface area contributed by atoms with Crippen LogP contribution in [-0.4, -0.2) is 44.4 Å². The van der Waals surface area contributed by atoms with E-state index in [-0.39, 0.29) is 9.99 Å². The van der Waals surface area contributed by atoms with E-state index in [0.29, 0.717) is 5.69 Å². The van der Waals surface area contributed by atoms with Crippen molar-refractivity contribution in [1.29, 1.82) is 5.26 Å². The van der Waals surface area contributed by atoms with Gasteiger partial charge in [-0.25, -0.2) is 18.5 Å². The van der Waals surface area contributed by atoms with E-state index in [9.17, 15) is 28.9 Å². The van der Waals surface area contributed by atoms with Crippen molar-refractivity contribution >= 4 is 33.4 Å². The van der Waals surface area contributed by atoms with Crippen molar-refractivity contribution in [3.05, 3.63) is 38.8 Å². The van der Waals surface area contributed by atoms with E-state index < -0.39 is 34.8 Å². The van der Waals surface area contributed by atoms with Crippen LogP contribution < -0.4 is 10.5 Å². The molecule has 0 radical (unpaired) electrons. The number of benzene rings is 1. The van der Waals surface area contributed by atoms with Gasteiger partial charge in [-0.2, -0.15) is 5.26 Å². The number of anilines is 1. The number of hydrogen-bond acceptors (Lipinski definition) is 6. The molecule has 11 heteroatoms. The molecule has 0 aromatic heterocycles. The highest BCUT2D eigenvalue weighted by Gasteiger charge is 2.30. The Morgan fingerprint density at radius 2 is 1.88 bits per heavy atom. The zero-order valence-electron chi connectivity index (χ0n) is 17.8. The summed E-state index contributed by atoms with van der Waals surface area (Å²) in [6, 6.07) is 1.48. The minimum absolute atomic E-state index is 0.0546. The number of halogens is 1. The number of nitrogens with zero attached hydrogens (tertiary/aromatic N) is 2. The molecule has 3 rings (SSSR count). The standard InChI is InChI=1S/C21H27FN4O4S2/c1-21(29,11-27)18(8-9-22)31-12-32(24,30)26-20(28)25-19-15-6-2-4-13(15)17(10-23)14-5-3-7-16(14)19/h8,27,29H,2-7,9,11-12H2,1H3,(H3,24,25,26,28,30)/b18-8-. The molecule has 2 aliphatic carbocycles. The topological polar surface area (TPSA) is 149 Å². The van der Waals surface area contributed by atoms with Gasteiger partial charge in [0, 0.05) is 10.6 Å². The number of nitrogens with one attached hydrogen (secondary N) is 1. The molecule has 1 aromatic rings. The van der Waals surface area contributed by atoms with Crippen LogP contribution in [0.1, 0.15) is 47.6 Å². The quantitative estimate of drug-likeness (QED) is 0.469. The zero-order chi connectivity index (χ0) is 23.5. The number of fused-ring (bicyclic) bond motifs is 2. The molecule has 0 bridgehead atoms. The van der Waals surface area contributed by atoms with Gasteiger partial charge in [0.25, 0.3) is 0 Å². The van der Waals surface area contributed by atoms with E-state index in [1.807, 2.05) is 0 Å². The van der Waals surface area contributed by atoms with Gasteiger partial charge in [-0.05, 0) is 73.8 Å². The molecule has 0 saturated heterocycles. The van der Waals surface area contributed by atoms with Crippen LogP contribution in [0, 0.1) is 11.3 Å². The van der Waals surface area contributed by atoms with Crippen LogP contribution in [0.3, 0.4) is 0 Å². The second-order valence-electron chi connectivity index (χ2n) is 8.11. The summed E-state index contributed by atoms with van der Waals surface area (Å²) >= 11 is 0.779. The number of alkyl halides is 1. The van der Waals surface area contributed by atoms with Crippen LogP contribution >= 0.6 is 11.8 Å². The molecule has 32 heavy (non-hydrogen) atoms. The number of rotatable bonds is 7. The van der Waals surface area contributed by atoms with E-state index in [0.717, 1.165) is 84.2 Å². The summed E-state index contributed by atoms with van der Waals surface area (Å²) < 4.78 is 29.1. The Kier molecular flexibility index (Phi) is 7.62. The first kappa shape index (κ1) is 24.7. The summed E-state index contributed by atoms with van der Waals surface area (Å²) in [5, 5.41) is 37.2. The molecule has 2 aliphatic rings. The predicted octanol–water partition coefficient (Wildman–Crippen LogP) is 2.70. The Balaban J connectivity index is 1.83. The van der Waals surface area contributed by atoms with E-state index in [4.69, 9.17) is 5.14 Å². The lowest BCUT2D eigenvalue weighted by molar-refractivity contribution is 0.0400. The van der Waals surface area contributed by atoms with Gasteiger partial charge in [-0.3, -0.25) is 0 Å². The van der Waals surface area contributed by atoms with Gasteiger partial charge >= 0.3 is 6.03 Å². The van der Waals surface area contributed by atoms with Crippen molar-refractivity contribution in [2.24, 2.45) is 9.50 Å². The highest BCUT2D eigenvalue weighted by molar-refractivity contribution is 8.14. The normalized spacial score (nSPS) is 18.8. The first-order valence-corrected chi connectivity index (χ1v) is 13.0. The minimum Gasteiger partial charge on any atom is -0.393 e. The van der Waals surface area contributed by atoms with Crippen molar-refractivity contribution < 1.29 is 23.6 Å². The fourth-order valence-corrected chi connectivity index (χ4v) is 6.54. The Morgan fingerprint density at radius 3 is 2.38 bits per heavy atom. The second-order valence-corrected chi connectivity index (χ2v) is 11.3. The second kappa shape index (κ2) is 9.89. The lowest BCUT2D eigenvalue weighted by Gasteiger charge is -2.23. The van der Waals surface area contributed by atoms with Gasteiger partial charge in [0.2, 0.25) is 0 Å². The maximum atomic E-state index is 12.8. The summed E-state index contributed by atoms with van der Waals surface area (Å²) in [4.78, 5) is 12.7. The number of amides is 2. The molecular formula is C21H27FN4O4S2. The summed E-state index contributed by atoms with van der Waals surface area (Å²) in [5.74, 6) is 0. The van der Waals surface area contributed by atoms with Crippen LogP contribution in [0.2, 0.25) is 0 Å². The number of carbonyl (C=O) groups excluding carboxylic acids is 1. The van der Waals surface area contributed by atoms with E-state index >= 15 is 0 Å². The molecule has 2 unspecified atom stereocenters. The highest BCUT2D eigenvalue weighted by atomic mass is 32.3. The van der Waals surface area contributed by atoms with Crippen LogP contribution in [-0.2, 0) is 35.6 Å². The third kappa shape index (κ3) is 5.15. The van der Waals surface area contributed by atoms with Crippen molar-refractivity contribution in [2.75, 3.05) is 23.7 Å². The molecule has 1 aromatic carbocycles. The minimum atomic E-state index is -3.51. The first-order chi connectivity index (χ1) is 15.1. The summed E-state index contributed by atoms with van der Waals surface area (Å²) in [5.41, 5.74) is 3.48. The van der Waals surface area contributed by atoms with Crippen LogP contribution in [0.4, 0.5) is 14.9 Å². The van der Waals surface area contributed by atoms with Gasteiger partial charge in [0.05, 0.1) is 23.3 Å². The molecule has 5 N–H and O–H groups in total. The Labute approximate surface area is 191 Å². The van der Waals surface area contributed by atoms with Crippen molar-refractivity contribution in [3.63, 3.8) is 0 Å². The average Bonchev–Trinajstić information content (AvgIpc) is 3.40. The number of nitrogens with two attached hydrogens (primary N) is 1. The zero-order valence-corrected chi connectivity index (χ0v) is 19.5. The molecule has 0 fully saturated rings. The van der Waals surface area contributed by atoms with Crippen molar-refractivity contribution in [2.45, 2.75) is 51.0 Å². The molecule has 8 nitrogen and oxygen atoms in total. The molecule has 174 valence electrons. The number of allylic oxidation sites excluding steroid dienone is 1. The van der Waals surface area contributed by atoms with Crippen LogP contribution in [0.25, 0.3) is 0 Å². The number of hydrogen-bond donors (Lipinski definition) is 4. The van der Waals surface area contributed by atoms with Crippen LogP contribution in [0.15, 0.2) is 15.3 Å². The van der Waals surface area contributed by atoms with Crippen molar-refractivity contribution in [1.82, 2.24) is 0 Å². The molecule has 0 aliphatic heterocycles. The van der Waals surface area contributed by atoms with Gasteiger partial charge in [0.1, 0.15) is 22.2 Å². The molecule has 0 saturated carbocycles. The molecule has 0 heterocycles. The third-order valence-corrected chi connectivity index (χ3v) is 8.92. The van der Waals surface area contributed by atoms with E-state index in [2.05, 4.69) is 15.7 Å². The maximum absolute atomic E-state index is 12.8. The first-order valence-electron chi connectivity index (χ1n) is 10.3. The number of aliphatic hydroxyl groups is 2. The summed E-state index contributed by atoms with van der Waals surface area (Å²) in [6.07, 6.45) is 5.90. The number of aliphatic hydroxyl groups excluding tert-OH is 1. The average molecular weight is 483 g/mol. The molecular weight excluding hydrogens is 455 g/mol. The number of nitriles is 1. The Bertz CT molecular complexity index is 1080. The van der Waals surface area contributed by atoms with Gasteiger partial charge < -0.3 is 15.5 Å². The molecule has 2 atom stereocenters. The lowest BCUT2D eigenvalue weighted by atomic mass is 9.93. The fraction of sp³-hybridized carbons (Fsp3) is 0.524. The highest BCUT2D eigenvalue weighted by Crippen LogP contribution is 2.41. The predicted molar refractivity (Wildman–Crippen MR) is 123 cm³/mol. The number of carbonyl (C=O) groups is 1. The smallest absolute Gasteiger partial charge is 0.354 e. The van der Waals surface area contributed by atoms with Gasteiger partial charge in [-0.15, -0.1) is 16.1 Å². The van der Waals surface area contributed by atoms with E-state index in [1.54, 1.807) is 0 Å². The largest absolute Gasteiger partial charge is 0.393 e. The molecule has 0 spiro atoms. The number of urea groups is 1. The maximum Gasteiger partial charge on any atom is 0.354 e. The molecule has 2 amide bonds. The Morgan fingerprint density at radius 1 is 1.31 bits per heavy atom. The summed E-state index contributed by atoms with van der Waals surface area (Å²) in [6.45, 7) is -0.267. The fourth-order valence-electron chi connectivity index (χ4n) is 4.27. The summed E-state index contributed by atoms with van der Waals surface area (Å²) in [7, 11) is -3.51.